The molecule has 0 bridgehead atoms. The van der Waals surface area contributed by atoms with Crippen molar-refractivity contribution < 1.29 is 38.8 Å². The van der Waals surface area contributed by atoms with E-state index in [0.717, 1.165) is 50.4 Å². The summed E-state index contributed by atoms with van der Waals surface area (Å²) < 4.78 is 19.5. The minimum absolute atomic E-state index is 0.214. The third kappa shape index (κ3) is 12.3. The average molecular weight is 517 g/mol. The number of hydrogen-bond acceptors (Lipinski definition) is 6. The first-order valence-corrected chi connectivity index (χ1v) is 12.0. The molecular formula is C27H33FN2O7. The van der Waals surface area contributed by atoms with Crippen LogP contribution in [0.15, 0.2) is 66.7 Å². The fourth-order valence-corrected chi connectivity index (χ4v) is 3.78. The third-order valence-corrected chi connectivity index (χ3v) is 5.67. The first-order valence-electron chi connectivity index (χ1n) is 12.0. The van der Waals surface area contributed by atoms with Crippen LogP contribution in [-0.4, -0.2) is 88.9 Å². The summed E-state index contributed by atoms with van der Waals surface area (Å²) in [5.74, 6) is -3.49. The molecule has 1 saturated heterocycles. The number of hydrogen-bond donors (Lipinski definition) is 3. The van der Waals surface area contributed by atoms with Crippen molar-refractivity contribution in [3.63, 3.8) is 0 Å². The van der Waals surface area contributed by atoms with E-state index >= 15 is 0 Å². The molecular weight excluding hydrogens is 483 g/mol. The fourth-order valence-electron chi connectivity index (χ4n) is 3.78. The van der Waals surface area contributed by atoms with Crippen LogP contribution in [0.25, 0.3) is 0 Å². The first kappa shape index (κ1) is 29.6. The Bertz CT molecular complexity index is 991. The molecule has 200 valence electrons. The second-order valence-corrected chi connectivity index (χ2v) is 8.40. The molecule has 1 atom stereocenters. The summed E-state index contributed by atoms with van der Waals surface area (Å²) in [5, 5.41) is 24.4. The Balaban J connectivity index is 0.000000521. The number of ether oxygens (including phenoxy) is 1. The fraction of sp³-hybridized carbons (Fsp3) is 0.370. The number of rotatable bonds is 12. The normalized spacial score (nSPS) is 15.1. The van der Waals surface area contributed by atoms with Crippen LogP contribution in [0.2, 0.25) is 0 Å². The molecule has 1 unspecified atom stereocenters. The van der Waals surface area contributed by atoms with Gasteiger partial charge in [0.1, 0.15) is 11.9 Å². The number of benzene rings is 2. The maximum Gasteiger partial charge on any atom is 0.328 e. The largest absolute Gasteiger partial charge is 0.481 e. The zero-order valence-electron chi connectivity index (χ0n) is 20.5. The summed E-state index contributed by atoms with van der Waals surface area (Å²) >= 11 is 0. The van der Waals surface area contributed by atoms with E-state index in [1.54, 1.807) is 12.1 Å². The quantitative estimate of drug-likeness (QED) is 0.365. The molecule has 0 spiro atoms. The van der Waals surface area contributed by atoms with Gasteiger partial charge in [0.05, 0.1) is 6.61 Å². The molecule has 0 aromatic heterocycles. The minimum atomic E-state index is -1.26. The molecule has 0 radical (unpaired) electrons. The second-order valence-electron chi connectivity index (χ2n) is 8.40. The van der Waals surface area contributed by atoms with Crippen molar-refractivity contribution in [2.24, 2.45) is 0 Å². The highest BCUT2D eigenvalue weighted by atomic mass is 19.1. The van der Waals surface area contributed by atoms with Gasteiger partial charge in [-0.3, -0.25) is 9.69 Å². The zero-order chi connectivity index (χ0) is 27.0. The van der Waals surface area contributed by atoms with Gasteiger partial charge in [0.2, 0.25) is 0 Å². The van der Waals surface area contributed by atoms with E-state index in [-0.39, 0.29) is 18.3 Å². The molecule has 1 heterocycles. The molecule has 1 aliphatic rings. The number of halogens is 1. The number of carboxylic acid groups (broad SMARTS) is 3. The van der Waals surface area contributed by atoms with E-state index in [4.69, 9.17) is 20.1 Å². The van der Waals surface area contributed by atoms with Crippen LogP contribution >= 0.6 is 0 Å². The molecule has 10 heteroatoms. The van der Waals surface area contributed by atoms with Gasteiger partial charge in [-0.25, -0.2) is 14.0 Å². The Morgan fingerprint density at radius 1 is 0.811 bits per heavy atom. The van der Waals surface area contributed by atoms with Gasteiger partial charge in [-0.15, -0.1) is 0 Å². The molecule has 2 aromatic rings. The summed E-state index contributed by atoms with van der Waals surface area (Å²) in [6.45, 7) is 6.12. The van der Waals surface area contributed by atoms with Gasteiger partial charge in [-0.05, 0) is 36.2 Å². The highest BCUT2D eigenvalue weighted by Gasteiger charge is 2.19. The highest BCUT2D eigenvalue weighted by molar-refractivity contribution is 5.89. The predicted octanol–water partition coefficient (Wildman–Crippen LogP) is 3.13. The van der Waals surface area contributed by atoms with Gasteiger partial charge >= 0.3 is 17.9 Å². The maximum atomic E-state index is 13.3. The van der Waals surface area contributed by atoms with Crippen molar-refractivity contribution in [3.8, 4) is 0 Å². The molecule has 3 rings (SSSR count). The van der Waals surface area contributed by atoms with Crippen LogP contribution in [0.5, 0.6) is 0 Å². The van der Waals surface area contributed by atoms with Gasteiger partial charge < -0.3 is 25.0 Å². The number of piperazine rings is 1. The standard InChI is InChI=1S/C23H29FN2O3.C4H4O4/c24-21-10-8-20(9-11-21)23(19-5-2-1-3-6-19)29-18-17-26-15-13-25(14-16-26)12-4-7-22(27)28;5-3(6)1-2-4(7)8/h1-3,5-6,8-11,23H,4,7,12-18H2,(H,27,28);1-2H,(H,5,6)(H,7,8)/b;2-1-. The van der Waals surface area contributed by atoms with Gasteiger partial charge in [0, 0.05) is 51.3 Å². The van der Waals surface area contributed by atoms with Crippen LogP contribution in [0.1, 0.15) is 30.1 Å². The minimum Gasteiger partial charge on any atom is -0.481 e. The maximum absolute atomic E-state index is 13.3. The SMILES string of the molecule is O=C(O)/C=C\C(=O)O.O=C(O)CCCN1CCN(CCOC(c2ccccc2)c2ccc(F)cc2)CC1. The van der Waals surface area contributed by atoms with Crippen molar-refractivity contribution in [1.82, 2.24) is 9.80 Å². The molecule has 2 aromatic carbocycles. The summed E-state index contributed by atoms with van der Waals surface area (Å²) in [6, 6.07) is 16.5. The Morgan fingerprint density at radius 2 is 1.32 bits per heavy atom. The monoisotopic (exact) mass is 516 g/mol. The summed E-state index contributed by atoms with van der Waals surface area (Å²) in [4.78, 5) is 34.4. The number of aliphatic carboxylic acids is 3. The van der Waals surface area contributed by atoms with Crippen LogP contribution in [0.3, 0.4) is 0 Å². The van der Waals surface area contributed by atoms with E-state index in [0.29, 0.717) is 25.2 Å². The molecule has 0 aliphatic carbocycles. The smallest absolute Gasteiger partial charge is 0.328 e. The number of nitrogens with zero attached hydrogens (tertiary/aromatic N) is 2. The summed E-state index contributed by atoms with van der Waals surface area (Å²) in [7, 11) is 0. The topological polar surface area (TPSA) is 128 Å². The zero-order valence-corrected chi connectivity index (χ0v) is 20.5. The van der Waals surface area contributed by atoms with E-state index in [9.17, 15) is 18.8 Å². The predicted molar refractivity (Wildman–Crippen MR) is 135 cm³/mol. The Morgan fingerprint density at radius 3 is 1.84 bits per heavy atom. The van der Waals surface area contributed by atoms with E-state index in [1.165, 1.54) is 12.1 Å². The van der Waals surface area contributed by atoms with Crippen molar-refractivity contribution in [3.05, 3.63) is 83.7 Å². The average Bonchev–Trinajstić information content (AvgIpc) is 2.88. The third-order valence-electron chi connectivity index (χ3n) is 5.67. The van der Waals surface area contributed by atoms with Crippen molar-refractivity contribution in [2.75, 3.05) is 45.9 Å². The van der Waals surface area contributed by atoms with Crippen LogP contribution in [-0.2, 0) is 19.1 Å². The van der Waals surface area contributed by atoms with Gasteiger partial charge in [0.15, 0.2) is 0 Å². The van der Waals surface area contributed by atoms with Gasteiger partial charge in [-0.2, -0.15) is 0 Å². The lowest BCUT2D eigenvalue weighted by molar-refractivity contribution is -0.137. The molecule has 0 saturated carbocycles. The molecule has 3 N–H and O–H groups in total. The van der Waals surface area contributed by atoms with Crippen LogP contribution in [0.4, 0.5) is 4.39 Å². The lowest BCUT2D eigenvalue weighted by atomic mass is 10.0. The van der Waals surface area contributed by atoms with Gasteiger partial charge in [-0.1, -0.05) is 42.5 Å². The Hall–Kier alpha value is -3.60. The lowest BCUT2D eigenvalue weighted by Crippen LogP contribution is -2.47. The van der Waals surface area contributed by atoms with Crippen molar-refractivity contribution in [2.45, 2.75) is 18.9 Å². The second kappa shape index (κ2) is 16.2. The van der Waals surface area contributed by atoms with Crippen molar-refractivity contribution in [1.29, 1.82) is 0 Å². The first-order chi connectivity index (χ1) is 17.7. The number of carbonyl (C=O) groups is 3. The lowest BCUT2D eigenvalue weighted by Gasteiger charge is -2.34. The summed E-state index contributed by atoms with van der Waals surface area (Å²) in [6.07, 6.45) is 1.84. The Kier molecular flexibility index (Phi) is 13.0. The van der Waals surface area contributed by atoms with Crippen molar-refractivity contribution >= 4 is 17.9 Å². The van der Waals surface area contributed by atoms with E-state index in [2.05, 4.69) is 9.80 Å². The molecule has 1 aliphatic heterocycles. The molecule has 37 heavy (non-hydrogen) atoms. The van der Waals surface area contributed by atoms with Gasteiger partial charge in [0.25, 0.3) is 0 Å². The number of carboxylic acids is 3. The molecule has 0 amide bonds. The van der Waals surface area contributed by atoms with E-state index in [1.807, 2.05) is 30.3 Å². The molecule has 9 nitrogen and oxygen atoms in total. The Labute approximate surface area is 215 Å². The highest BCUT2D eigenvalue weighted by Crippen LogP contribution is 2.26. The molecule has 1 fully saturated rings. The summed E-state index contributed by atoms with van der Waals surface area (Å²) in [5.41, 5.74) is 2.00. The van der Waals surface area contributed by atoms with Crippen LogP contribution < -0.4 is 0 Å². The van der Waals surface area contributed by atoms with Crippen LogP contribution in [0, 0.1) is 5.82 Å². The van der Waals surface area contributed by atoms with E-state index < -0.39 is 17.9 Å².